The van der Waals surface area contributed by atoms with E-state index in [1.54, 1.807) is 0 Å². The summed E-state index contributed by atoms with van der Waals surface area (Å²) < 4.78 is 12.5. The largest absolute Gasteiger partial charge is 0.616 e. The van der Waals surface area contributed by atoms with Crippen molar-refractivity contribution in [2.75, 3.05) is 11.5 Å². The van der Waals surface area contributed by atoms with Crippen molar-refractivity contribution in [3.8, 4) is 0 Å². The van der Waals surface area contributed by atoms with Gasteiger partial charge in [0, 0.05) is 22.8 Å². The predicted molar refractivity (Wildman–Crippen MR) is 109 cm³/mol. The molecular formula is C20H34O3S2. The molecule has 1 unspecified atom stereocenters. The number of thioether (sulfide) groups is 1. The molecule has 1 N–H and O–H groups in total. The van der Waals surface area contributed by atoms with E-state index in [4.69, 9.17) is 5.11 Å². The van der Waals surface area contributed by atoms with Gasteiger partial charge in [0.05, 0.1) is 0 Å². The third kappa shape index (κ3) is 7.18. The standard InChI is InChI=1S/C20H34O3S2/c1-2-3-4-9-14-25(23)15-17-16(18-12-13-19(17)24-18)10-7-5-6-8-11-20(21)22/h5,7,16-19H,2-4,6,8-15H2,1H3,(H,21,22)/b7-5-/t16-,17+,18-,19+,25?/m0/s1. The number of hydrogen-bond donors (Lipinski definition) is 1. The molecule has 0 spiro atoms. The van der Waals surface area contributed by atoms with Gasteiger partial charge >= 0.3 is 5.97 Å². The Labute approximate surface area is 160 Å². The van der Waals surface area contributed by atoms with E-state index in [0.29, 0.717) is 11.8 Å². The van der Waals surface area contributed by atoms with Crippen molar-refractivity contribution in [1.29, 1.82) is 0 Å². The fraction of sp³-hybridized carbons (Fsp3) is 0.850. The van der Waals surface area contributed by atoms with Crippen LogP contribution in [0.3, 0.4) is 0 Å². The Morgan fingerprint density at radius 2 is 1.92 bits per heavy atom. The second-order valence-electron chi connectivity index (χ2n) is 7.48. The van der Waals surface area contributed by atoms with Crippen molar-refractivity contribution in [1.82, 2.24) is 0 Å². The van der Waals surface area contributed by atoms with E-state index in [-0.39, 0.29) is 6.42 Å². The summed E-state index contributed by atoms with van der Waals surface area (Å²) in [6.07, 6.45) is 14.8. The third-order valence-electron chi connectivity index (χ3n) is 5.53. The number of unbranched alkanes of at least 4 members (excludes halogenated alkanes) is 4. The Bertz CT molecular complexity index is 427. The maximum Gasteiger partial charge on any atom is 0.303 e. The zero-order valence-corrected chi connectivity index (χ0v) is 17.2. The Morgan fingerprint density at radius 3 is 2.64 bits per heavy atom. The maximum absolute atomic E-state index is 12.5. The average molecular weight is 387 g/mol. The zero-order valence-electron chi connectivity index (χ0n) is 15.5. The Hall–Kier alpha value is -0.130. The van der Waals surface area contributed by atoms with E-state index in [0.717, 1.165) is 47.7 Å². The molecule has 2 bridgehead atoms. The molecule has 0 aliphatic carbocycles. The van der Waals surface area contributed by atoms with Crippen molar-refractivity contribution in [2.24, 2.45) is 11.8 Å². The fourth-order valence-corrected chi connectivity index (χ4v) is 7.89. The molecule has 0 amide bonds. The van der Waals surface area contributed by atoms with E-state index >= 15 is 0 Å². The van der Waals surface area contributed by atoms with E-state index in [2.05, 4.69) is 30.8 Å². The molecule has 2 aliphatic heterocycles. The Balaban J connectivity index is 1.72. The van der Waals surface area contributed by atoms with Crippen LogP contribution in [0.1, 0.15) is 71.1 Å². The van der Waals surface area contributed by atoms with Gasteiger partial charge in [0.15, 0.2) is 0 Å². The van der Waals surface area contributed by atoms with Crippen LogP contribution in [0.25, 0.3) is 0 Å². The van der Waals surface area contributed by atoms with Crippen LogP contribution in [0.5, 0.6) is 0 Å². The average Bonchev–Trinajstić information content (AvgIpc) is 3.17. The van der Waals surface area contributed by atoms with Crippen LogP contribution < -0.4 is 0 Å². The molecule has 2 saturated heterocycles. The van der Waals surface area contributed by atoms with Crippen LogP contribution in [0.15, 0.2) is 12.2 Å². The highest BCUT2D eigenvalue weighted by Gasteiger charge is 2.49. The van der Waals surface area contributed by atoms with Crippen molar-refractivity contribution in [3.63, 3.8) is 0 Å². The fourth-order valence-electron chi connectivity index (χ4n) is 4.16. The highest BCUT2D eigenvalue weighted by Crippen LogP contribution is 2.54. The lowest BCUT2D eigenvalue weighted by molar-refractivity contribution is -0.137. The summed E-state index contributed by atoms with van der Waals surface area (Å²) in [4.78, 5) is 10.5. The monoisotopic (exact) mass is 386 g/mol. The van der Waals surface area contributed by atoms with Gasteiger partial charge in [-0.2, -0.15) is 11.8 Å². The van der Waals surface area contributed by atoms with Gasteiger partial charge in [-0.15, -0.1) is 0 Å². The number of aliphatic carboxylic acids is 1. The minimum Gasteiger partial charge on any atom is -0.616 e. The van der Waals surface area contributed by atoms with Crippen molar-refractivity contribution in [2.45, 2.75) is 81.6 Å². The molecule has 3 nitrogen and oxygen atoms in total. The molecule has 2 rings (SSSR count). The summed E-state index contributed by atoms with van der Waals surface area (Å²) >= 11 is 1.49. The van der Waals surface area contributed by atoms with Gasteiger partial charge in [0.25, 0.3) is 0 Å². The van der Waals surface area contributed by atoms with Crippen molar-refractivity contribution in [3.05, 3.63) is 12.2 Å². The first-order valence-corrected chi connectivity index (χ1v) is 12.4. The molecule has 2 fully saturated rings. The number of carboxylic acid groups (broad SMARTS) is 1. The highest BCUT2D eigenvalue weighted by atomic mass is 32.2. The molecule has 0 saturated carbocycles. The molecule has 5 atom stereocenters. The van der Waals surface area contributed by atoms with E-state index in [1.165, 1.54) is 32.1 Å². The first-order valence-electron chi connectivity index (χ1n) is 9.99. The van der Waals surface area contributed by atoms with Gasteiger partial charge in [0.1, 0.15) is 11.5 Å². The number of fused-ring (bicyclic) bond motifs is 2. The molecule has 0 radical (unpaired) electrons. The topological polar surface area (TPSA) is 60.4 Å². The van der Waals surface area contributed by atoms with Crippen LogP contribution in [-0.4, -0.2) is 37.6 Å². The number of carboxylic acids is 1. The first kappa shape index (κ1) is 21.2. The van der Waals surface area contributed by atoms with Gasteiger partial charge in [-0.25, -0.2) is 0 Å². The lowest BCUT2D eigenvalue weighted by Gasteiger charge is -2.29. The van der Waals surface area contributed by atoms with Crippen molar-refractivity contribution >= 4 is 28.9 Å². The summed E-state index contributed by atoms with van der Waals surface area (Å²) in [5.41, 5.74) is 0. The zero-order chi connectivity index (χ0) is 18.1. The molecule has 5 heteroatoms. The minimum absolute atomic E-state index is 0.258. The van der Waals surface area contributed by atoms with Gasteiger partial charge < -0.3 is 9.66 Å². The van der Waals surface area contributed by atoms with Gasteiger partial charge in [-0.1, -0.05) is 43.1 Å². The van der Waals surface area contributed by atoms with Crippen molar-refractivity contribution < 1.29 is 14.5 Å². The Kier molecular flexibility index (Phi) is 9.79. The highest BCUT2D eigenvalue weighted by molar-refractivity contribution is 8.01. The van der Waals surface area contributed by atoms with Crippen LogP contribution in [0, 0.1) is 11.8 Å². The summed E-state index contributed by atoms with van der Waals surface area (Å²) in [7, 11) is 0. The van der Waals surface area contributed by atoms with Crippen LogP contribution >= 0.6 is 11.8 Å². The lowest BCUT2D eigenvalue weighted by atomic mass is 9.78. The number of hydrogen-bond acceptors (Lipinski definition) is 3. The smallest absolute Gasteiger partial charge is 0.303 e. The van der Waals surface area contributed by atoms with E-state index in [1.807, 2.05) is 0 Å². The normalized spacial score (nSPS) is 29.5. The van der Waals surface area contributed by atoms with Crippen LogP contribution in [0.2, 0.25) is 0 Å². The Morgan fingerprint density at radius 1 is 1.16 bits per heavy atom. The second-order valence-corrected chi connectivity index (χ2v) is 10.6. The number of carbonyl (C=O) groups is 1. The molecule has 144 valence electrons. The van der Waals surface area contributed by atoms with E-state index < -0.39 is 17.1 Å². The summed E-state index contributed by atoms with van der Waals surface area (Å²) in [5.74, 6) is 2.38. The number of rotatable bonds is 13. The molecule has 2 aliphatic rings. The summed E-state index contributed by atoms with van der Waals surface area (Å²) in [6, 6.07) is 0. The maximum atomic E-state index is 12.5. The molecule has 0 aromatic rings. The third-order valence-corrected chi connectivity index (χ3v) is 8.90. The van der Waals surface area contributed by atoms with Gasteiger partial charge in [-0.3, -0.25) is 4.79 Å². The lowest BCUT2D eigenvalue weighted by Crippen LogP contribution is -2.33. The second kappa shape index (κ2) is 11.6. The molecule has 0 aromatic carbocycles. The molecular weight excluding hydrogens is 352 g/mol. The SMILES string of the molecule is CCCCCC[S+]([O-])C[C@@H]1[C@H](C/C=C\CCCC(=O)O)[C@@H]2CC[C@H]1S2. The van der Waals surface area contributed by atoms with Crippen LogP contribution in [-0.2, 0) is 16.0 Å². The summed E-state index contributed by atoms with van der Waals surface area (Å²) in [6.45, 7) is 2.21. The molecule has 0 aromatic heterocycles. The predicted octanol–water partition coefficient (Wildman–Crippen LogP) is 5.03. The van der Waals surface area contributed by atoms with Crippen LogP contribution in [0.4, 0.5) is 0 Å². The van der Waals surface area contributed by atoms with Gasteiger partial charge in [0.2, 0.25) is 0 Å². The quantitative estimate of drug-likeness (QED) is 0.274. The van der Waals surface area contributed by atoms with E-state index in [9.17, 15) is 9.35 Å². The molecule has 2 heterocycles. The summed E-state index contributed by atoms with van der Waals surface area (Å²) in [5, 5.41) is 10.2. The minimum atomic E-state index is -0.709. The number of allylic oxidation sites excluding steroid dienone is 2. The van der Waals surface area contributed by atoms with Gasteiger partial charge in [-0.05, 0) is 50.9 Å². The first-order chi connectivity index (χ1) is 12.1. The molecule has 25 heavy (non-hydrogen) atoms.